The van der Waals surface area contributed by atoms with Crippen LogP contribution in [0, 0.1) is 0 Å². The molecule has 22 heavy (non-hydrogen) atoms. The highest BCUT2D eigenvalue weighted by Gasteiger charge is 2.31. The highest BCUT2D eigenvalue weighted by Crippen LogP contribution is 2.27. The average Bonchev–Trinajstić information content (AvgIpc) is 3.18. The summed E-state index contributed by atoms with van der Waals surface area (Å²) in [6, 6.07) is 3.54. The normalized spacial score (nSPS) is 21.7. The van der Waals surface area contributed by atoms with E-state index in [4.69, 9.17) is 9.15 Å². The molecule has 1 aliphatic rings. The van der Waals surface area contributed by atoms with E-state index < -0.39 is 0 Å². The summed E-state index contributed by atoms with van der Waals surface area (Å²) < 4.78 is 13.2. The number of rotatable bonds is 5. The molecule has 1 saturated heterocycles. The molecular formula is C16H21N3O3. The molecular weight excluding hydrogens is 282 g/mol. The van der Waals surface area contributed by atoms with Gasteiger partial charge in [-0.15, -0.1) is 0 Å². The van der Waals surface area contributed by atoms with Gasteiger partial charge in [0, 0.05) is 25.5 Å². The maximum absolute atomic E-state index is 12.2. The Bertz CT molecular complexity index is 606. The van der Waals surface area contributed by atoms with Crippen LogP contribution < -0.4 is 5.32 Å². The van der Waals surface area contributed by atoms with E-state index in [2.05, 4.69) is 21.8 Å². The maximum atomic E-state index is 12.2. The zero-order valence-electron chi connectivity index (χ0n) is 12.7. The minimum Gasteiger partial charge on any atom is -0.469 e. The van der Waals surface area contributed by atoms with E-state index in [-0.39, 0.29) is 24.5 Å². The van der Waals surface area contributed by atoms with E-state index in [1.807, 2.05) is 6.20 Å². The monoisotopic (exact) mass is 303 g/mol. The minimum absolute atomic E-state index is 0.0509. The second-order valence-electron chi connectivity index (χ2n) is 5.44. The van der Waals surface area contributed by atoms with Crippen molar-refractivity contribution < 1.29 is 13.9 Å². The summed E-state index contributed by atoms with van der Waals surface area (Å²) in [5.41, 5.74) is 0. The molecule has 3 heterocycles. The van der Waals surface area contributed by atoms with Crippen LogP contribution in [0.5, 0.6) is 0 Å². The molecule has 2 aromatic heterocycles. The van der Waals surface area contributed by atoms with Crippen molar-refractivity contribution in [1.29, 1.82) is 0 Å². The summed E-state index contributed by atoms with van der Waals surface area (Å²) >= 11 is 0. The number of furan rings is 1. The highest BCUT2D eigenvalue weighted by molar-refractivity contribution is 5.78. The third-order valence-electron chi connectivity index (χ3n) is 3.93. The van der Waals surface area contributed by atoms with Gasteiger partial charge in [-0.05, 0) is 31.9 Å². The Morgan fingerprint density at radius 2 is 2.45 bits per heavy atom. The molecule has 0 radical (unpaired) electrons. The van der Waals surface area contributed by atoms with Crippen LogP contribution in [0.4, 0.5) is 0 Å². The van der Waals surface area contributed by atoms with Crippen molar-refractivity contribution in [3.05, 3.63) is 42.4 Å². The van der Waals surface area contributed by atoms with E-state index in [0.29, 0.717) is 12.4 Å². The Morgan fingerprint density at radius 3 is 3.23 bits per heavy atom. The SMILES string of the molecule is CCn1ccnc1[C@H]1OCCC[C@@H]1NC(=O)Cc1ccco1. The summed E-state index contributed by atoms with van der Waals surface area (Å²) in [6.45, 7) is 3.60. The standard InChI is InChI=1S/C16H21N3O3/c1-2-19-8-7-17-16(19)15-13(6-4-10-22-15)18-14(20)11-12-5-3-9-21-12/h3,5,7-9,13,15H,2,4,6,10-11H2,1H3,(H,18,20)/t13-,15-/m0/s1. The van der Waals surface area contributed by atoms with Gasteiger partial charge in [-0.2, -0.15) is 0 Å². The largest absolute Gasteiger partial charge is 0.469 e. The number of carbonyl (C=O) groups is 1. The first-order chi connectivity index (χ1) is 10.8. The van der Waals surface area contributed by atoms with Gasteiger partial charge in [0.2, 0.25) is 5.91 Å². The number of hydrogen-bond donors (Lipinski definition) is 1. The Labute approximate surface area is 129 Å². The molecule has 0 aromatic carbocycles. The van der Waals surface area contributed by atoms with Crippen LogP contribution in [0.25, 0.3) is 0 Å². The first-order valence-electron chi connectivity index (χ1n) is 7.72. The van der Waals surface area contributed by atoms with Gasteiger partial charge >= 0.3 is 0 Å². The van der Waals surface area contributed by atoms with Crippen molar-refractivity contribution in [2.75, 3.05) is 6.61 Å². The van der Waals surface area contributed by atoms with Crippen LogP contribution in [-0.2, 0) is 22.5 Å². The Kier molecular flexibility index (Phi) is 4.58. The van der Waals surface area contributed by atoms with Crippen molar-refractivity contribution >= 4 is 5.91 Å². The van der Waals surface area contributed by atoms with Gasteiger partial charge < -0.3 is 19.0 Å². The van der Waals surface area contributed by atoms with Crippen LogP contribution in [-0.4, -0.2) is 28.1 Å². The summed E-state index contributed by atoms with van der Waals surface area (Å²) in [5, 5.41) is 3.07. The summed E-state index contributed by atoms with van der Waals surface area (Å²) in [6.07, 6.45) is 7.18. The fourth-order valence-corrected chi connectivity index (χ4v) is 2.86. The number of aryl methyl sites for hydroxylation is 1. The van der Waals surface area contributed by atoms with Crippen molar-refractivity contribution in [2.24, 2.45) is 0 Å². The van der Waals surface area contributed by atoms with Gasteiger partial charge in [0.1, 0.15) is 17.7 Å². The summed E-state index contributed by atoms with van der Waals surface area (Å²) in [7, 11) is 0. The van der Waals surface area contributed by atoms with Crippen LogP contribution in [0.15, 0.2) is 35.2 Å². The lowest BCUT2D eigenvalue weighted by molar-refractivity contribution is -0.124. The average molecular weight is 303 g/mol. The number of hydrogen-bond acceptors (Lipinski definition) is 4. The van der Waals surface area contributed by atoms with E-state index in [1.165, 1.54) is 0 Å². The van der Waals surface area contributed by atoms with Crippen molar-refractivity contribution in [2.45, 2.75) is 44.9 Å². The highest BCUT2D eigenvalue weighted by atomic mass is 16.5. The van der Waals surface area contributed by atoms with Crippen LogP contribution >= 0.6 is 0 Å². The zero-order valence-corrected chi connectivity index (χ0v) is 12.7. The summed E-state index contributed by atoms with van der Waals surface area (Å²) in [5.74, 6) is 1.50. The van der Waals surface area contributed by atoms with Crippen molar-refractivity contribution in [3.8, 4) is 0 Å². The second kappa shape index (κ2) is 6.79. The van der Waals surface area contributed by atoms with Gasteiger partial charge in [0.05, 0.1) is 18.7 Å². The molecule has 2 atom stereocenters. The third-order valence-corrected chi connectivity index (χ3v) is 3.93. The van der Waals surface area contributed by atoms with Gasteiger partial charge in [-0.25, -0.2) is 4.98 Å². The second-order valence-corrected chi connectivity index (χ2v) is 5.44. The lowest BCUT2D eigenvalue weighted by Gasteiger charge is -2.32. The number of nitrogens with one attached hydrogen (secondary N) is 1. The molecule has 2 aromatic rings. The Morgan fingerprint density at radius 1 is 1.55 bits per heavy atom. The molecule has 1 fully saturated rings. The van der Waals surface area contributed by atoms with Crippen molar-refractivity contribution in [3.63, 3.8) is 0 Å². The molecule has 6 heteroatoms. The van der Waals surface area contributed by atoms with Gasteiger partial charge in [0.15, 0.2) is 0 Å². The molecule has 3 rings (SSSR count). The number of nitrogens with zero attached hydrogens (tertiary/aromatic N) is 2. The predicted molar refractivity (Wildman–Crippen MR) is 80.2 cm³/mol. The molecule has 0 spiro atoms. The predicted octanol–water partition coefficient (Wildman–Crippen LogP) is 2.07. The lowest BCUT2D eigenvalue weighted by atomic mass is 10.0. The molecule has 1 amide bonds. The third kappa shape index (κ3) is 3.22. The number of ether oxygens (including phenoxy) is 1. The first-order valence-corrected chi connectivity index (χ1v) is 7.72. The molecule has 0 saturated carbocycles. The van der Waals surface area contributed by atoms with Gasteiger partial charge in [-0.3, -0.25) is 4.79 Å². The zero-order chi connectivity index (χ0) is 15.4. The number of imidazole rings is 1. The molecule has 118 valence electrons. The number of carbonyl (C=O) groups excluding carboxylic acids is 1. The fraction of sp³-hybridized carbons (Fsp3) is 0.500. The van der Waals surface area contributed by atoms with E-state index in [9.17, 15) is 4.79 Å². The number of aromatic nitrogens is 2. The summed E-state index contributed by atoms with van der Waals surface area (Å²) in [4.78, 5) is 16.6. The Hall–Kier alpha value is -2.08. The van der Waals surface area contributed by atoms with E-state index >= 15 is 0 Å². The first kappa shape index (κ1) is 14.8. The fourth-order valence-electron chi connectivity index (χ4n) is 2.86. The smallest absolute Gasteiger partial charge is 0.227 e. The van der Waals surface area contributed by atoms with Crippen LogP contribution in [0.1, 0.15) is 37.5 Å². The lowest BCUT2D eigenvalue weighted by Crippen LogP contribution is -2.44. The quantitative estimate of drug-likeness (QED) is 0.918. The maximum Gasteiger partial charge on any atom is 0.227 e. The van der Waals surface area contributed by atoms with Crippen LogP contribution in [0.3, 0.4) is 0 Å². The molecule has 1 aliphatic heterocycles. The molecule has 6 nitrogen and oxygen atoms in total. The van der Waals surface area contributed by atoms with Crippen LogP contribution in [0.2, 0.25) is 0 Å². The number of amides is 1. The topological polar surface area (TPSA) is 69.3 Å². The minimum atomic E-state index is -0.191. The van der Waals surface area contributed by atoms with Crippen molar-refractivity contribution in [1.82, 2.24) is 14.9 Å². The van der Waals surface area contributed by atoms with Gasteiger partial charge in [0.25, 0.3) is 0 Å². The molecule has 0 unspecified atom stereocenters. The van der Waals surface area contributed by atoms with E-state index in [1.54, 1.807) is 24.6 Å². The van der Waals surface area contributed by atoms with E-state index in [0.717, 1.165) is 25.2 Å². The Balaban J connectivity index is 1.68. The molecule has 0 bridgehead atoms. The van der Waals surface area contributed by atoms with Gasteiger partial charge in [-0.1, -0.05) is 0 Å². The molecule has 1 N–H and O–H groups in total. The molecule has 0 aliphatic carbocycles.